The van der Waals surface area contributed by atoms with Gasteiger partial charge < -0.3 is 10.3 Å². The number of fused-ring (bicyclic) bond motifs is 1. The normalized spacial score (nSPS) is 11.0. The minimum Gasteiger partial charge on any atom is -0.384 e. The summed E-state index contributed by atoms with van der Waals surface area (Å²) in [6.07, 6.45) is 1.63. The van der Waals surface area contributed by atoms with E-state index in [0.717, 1.165) is 11.1 Å². The minimum atomic E-state index is -0.322. The minimum absolute atomic E-state index is 0.322. The monoisotopic (exact) mass is 242 g/mol. The fourth-order valence-electron chi connectivity index (χ4n) is 1.98. The van der Waals surface area contributed by atoms with Crippen LogP contribution in [0.4, 0.5) is 10.2 Å². The maximum atomic E-state index is 13.6. The van der Waals surface area contributed by atoms with E-state index in [-0.39, 0.29) is 5.82 Å². The van der Waals surface area contributed by atoms with Crippen molar-refractivity contribution in [1.29, 1.82) is 0 Å². The topological polar surface area (TPSA) is 56.7 Å². The molecule has 0 aliphatic heterocycles. The summed E-state index contributed by atoms with van der Waals surface area (Å²) in [6.45, 7) is 0. The van der Waals surface area contributed by atoms with Crippen LogP contribution in [0, 0.1) is 5.82 Å². The van der Waals surface area contributed by atoms with Crippen molar-refractivity contribution in [3.8, 4) is 11.4 Å². The number of halogens is 1. The van der Waals surface area contributed by atoms with Gasteiger partial charge in [-0.15, -0.1) is 0 Å². The summed E-state index contributed by atoms with van der Waals surface area (Å²) in [5.74, 6) is 0.795. The largest absolute Gasteiger partial charge is 0.384 e. The molecule has 2 heterocycles. The lowest BCUT2D eigenvalue weighted by Crippen LogP contribution is -1.94. The van der Waals surface area contributed by atoms with Crippen molar-refractivity contribution in [2.75, 3.05) is 5.73 Å². The highest BCUT2D eigenvalue weighted by Crippen LogP contribution is 2.24. The Morgan fingerprint density at radius 3 is 2.72 bits per heavy atom. The highest BCUT2D eigenvalue weighted by molar-refractivity contribution is 5.81. The molecule has 0 saturated carbocycles. The number of aryl methyl sites for hydroxylation is 1. The molecule has 0 saturated heterocycles. The van der Waals surface area contributed by atoms with Gasteiger partial charge in [-0.3, -0.25) is 0 Å². The van der Waals surface area contributed by atoms with Crippen molar-refractivity contribution in [3.05, 3.63) is 42.3 Å². The molecule has 2 N–H and O–H groups in total. The summed E-state index contributed by atoms with van der Waals surface area (Å²) in [5.41, 5.74) is 7.47. The number of benzene rings is 1. The Labute approximate surface area is 103 Å². The van der Waals surface area contributed by atoms with Gasteiger partial charge in [-0.05, 0) is 24.3 Å². The van der Waals surface area contributed by atoms with E-state index in [9.17, 15) is 4.39 Å². The van der Waals surface area contributed by atoms with E-state index in [1.54, 1.807) is 18.3 Å². The second-order valence-corrected chi connectivity index (χ2v) is 4.07. The van der Waals surface area contributed by atoms with Crippen LogP contribution in [0.1, 0.15) is 0 Å². The molecule has 0 bridgehead atoms. The third-order valence-corrected chi connectivity index (χ3v) is 2.91. The molecule has 1 aromatic carbocycles. The lowest BCUT2D eigenvalue weighted by Gasteiger charge is -2.02. The zero-order chi connectivity index (χ0) is 12.7. The van der Waals surface area contributed by atoms with Crippen LogP contribution in [-0.4, -0.2) is 14.5 Å². The predicted octanol–water partition coefficient (Wildman–Crippen LogP) is 2.36. The molecular formula is C13H11FN4. The van der Waals surface area contributed by atoms with Gasteiger partial charge in [0, 0.05) is 18.8 Å². The van der Waals surface area contributed by atoms with E-state index in [0.29, 0.717) is 17.2 Å². The van der Waals surface area contributed by atoms with Crippen LogP contribution in [0.2, 0.25) is 0 Å². The molecule has 0 atom stereocenters. The predicted molar refractivity (Wildman–Crippen MR) is 68.3 cm³/mol. The first-order valence-corrected chi connectivity index (χ1v) is 5.49. The molecule has 0 fully saturated rings. The summed E-state index contributed by atoms with van der Waals surface area (Å²) >= 11 is 0. The van der Waals surface area contributed by atoms with Gasteiger partial charge in [-0.2, -0.15) is 0 Å². The number of imidazole rings is 1. The molecule has 0 amide bonds. The first kappa shape index (κ1) is 10.7. The van der Waals surface area contributed by atoms with Crippen LogP contribution >= 0.6 is 0 Å². The van der Waals surface area contributed by atoms with E-state index in [1.807, 2.05) is 23.7 Å². The number of nitrogens with zero attached hydrogens (tertiary/aromatic N) is 3. The van der Waals surface area contributed by atoms with Gasteiger partial charge in [-0.1, -0.05) is 6.07 Å². The van der Waals surface area contributed by atoms with Gasteiger partial charge >= 0.3 is 0 Å². The summed E-state index contributed by atoms with van der Waals surface area (Å²) in [7, 11) is 1.85. The van der Waals surface area contributed by atoms with Crippen molar-refractivity contribution in [2.24, 2.45) is 7.05 Å². The van der Waals surface area contributed by atoms with E-state index < -0.39 is 0 Å². The number of anilines is 1. The number of hydrogen-bond acceptors (Lipinski definition) is 3. The van der Waals surface area contributed by atoms with Gasteiger partial charge in [0.15, 0.2) is 5.82 Å². The Hall–Kier alpha value is -2.43. The standard InChI is InChI=1S/C13H11FN4/c1-18-10-4-2-3-9(14)12(10)17-13(18)8-5-6-11(15)16-7-8/h2-7H,1H3,(H2,15,16). The Balaban J connectivity index is 2.27. The zero-order valence-corrected chi connectivity index (χ0v) is 9.76. The molecular weight excluding hydrogens is 231 g/mol. The van der Waals surface area contributed by atoms with E-state index in [4.69, 9.17) is 5.73 Å². The Kier molecular flexibility index (Phi) is 2.26. The van der Waals surface area contributed by atoms with E-state index in [1.165, 1.54) is 6.07 Å². The quantitative estimate of drug-likeness (QED) is 0.712. The average Bonchev–Trinajstić information content (AvgIpc) is 2.70. The Bertz CT molecular complexity index is 716. The third-order valence-electron chi connectivity index (χ3n) is 2.91. The fourth-order valence-corrected chi connectivity index (χ4v) is 1.98. The lowest BCUT2D eigenvalue weighted by molar-refractivity contribution is 0.637. The maximum Gasteiger partial charge on any atom is 0.151 e. The van der Waals surface area contributed by atoms with Crippen LogP contribution in [0.15, 0.2) is 36.5 Å². The highest BCUT2D eigenvalue weighted by Gasteiger charge is 2.12. The van der Waals surface area contributed by atoms with Crippen LogP contribution in [0.25, 0.3) is 22.4 Å². The average molecular weight is 242 g/mol. The first-order chi connectivity index (χ1) is 8.66. The second kappa shape index (κ2) is 3.80. The molecule has 3 rings (SSSR count). The van der Waals surface area contributed by atoms with Gasteiger partial charge in [0.2, 0.25) is 0 Å². The molecule has 90 valence electrons. The molecule has 0 spiro atoms. The number of aromatic nitrogens is 3. The van der Waals surface area contributed by atoms with E-state index >= 15 is 0 Å². The van der Waals surface area contributed by atoms with Gasteiger partial charge in [0.25, 0.3) is 0 Å². The molecule has 5 heteroatoms. The van der Waals surface area contributed by atoms with Crippen molar-refractivity contribution < 1.29 is 4.39 Å². The molecule has 0 unspecified atom stereocenters. The second-order valence-electron chi connectivity index (χ2n) is 4.07. The number of pyridine rings is 1. The lowest BCUT2D eigenvalue weighted by atomic mass is 10.2. The van der Waals surface area contributed by atoms with Crippen LogP contribution in [0.3, 0.4) is 0 Å². The molecule has 4 nitrogen and oxygen atoms in total. The molecule has 2 aromatic heterocycles. The van der Waals surface area contributed by atoms with Crippen LogP contribution in [0.5, 0.6) is 0 Å². The summed E-state index contributed by atoms with van der Waals surface area (Å²) in [6, 6.07) is 8.43. The number of rotatable bonds is 1. The van der Waals surface area contributed by atoms with E-state index in [2.05, 4.69) is 9.97 Å². The number of nitrogens with two attached hydrogens (primary N) is 1. The summed E-state index contributed by atoms with van der Waals surface area (Å²) < 4.78 is 15.5. The molecule has 3 aromatic rings. The van der Waals surface area contributed by atoms with Gasteiger partial charge in [0.05, 0.1) is 5.52 Å². The van der Waals surface area contributed by atoms with Crippen molar-refractivity contribution in [1.82, 2.24) is 14.5 Å². The Morgan fingerprint density at radius 2 is 2.06 bits per heavy atom. The molecule has 0 aliphatic carbocycles. The molecule has 18 heavy (non-hydrogen) atoms. The zero-order valence-electron chi connectivity index (χ0n) is 9.76. The number of hydrogen-bond donors (Lipinski definition) is 1. The van der Waals surface area contributed by atoms with Crippen molar-refractivity contribution in [3.63, 3.8) is 0 Å². The first-order valence-electron chi connectivity index (χ1n) is 5.49. The number of nitrogen functional groups attached to an aromatic ring is 1. The SMILES string of the molecule is Cn1c(-c2ccc(N)nc2)nc2c(F)cccc21. The van der Waals surface area contributed by atoms with Gasteiger partial charge in [0.1, 0.15) is 17.2 Å². The van der Waals surface area contributed by atoms with Crippen molar-refractivity contribution in [2.45, 2.75) is 0 Å². The molecule has 0 aliphatic rings. The maximum absolute atomic E-state index is 13.6. The number of para-hydroxylation sites is 1. The van der Waals surface area contributed by atoms with Gasteiger partial charge in [-0.25, -0.2) is 14.4 Å². The Morgan fingerprint density at radius 1 is 1.22 bits per heavy atom. The molecule has 0 radical (unpaired) electrons. The van der Waals surface area contributed by atoms with Crippen LogP contribution in [-0.2, 0) is 7.05 Å². The van der Waals surface area contributed by atoms with Crippen molar-refractivity contribution >= 4 is 16.9 Å². The highest BCUT2D eigenvalue weighted by atomic mass is 19.1. The smallest absolute Gasteiger partial charge is 0.151 e. The third kappa shape index (κ3) is 1.52. The summed E-state index contributed by atoms with van der Waals surface area (Å²) in [5, 5.41) is 0. The summed E-state index contributed by atoms with van der Waals surface area (Å²) in [4.78, 5) is 8.34. The van der Waals surface area contributed by atoms with Crippen LogP contribution < -0.4 is 5.73 Å². The fraction of sp³-hybridized carbons (Fsp3) is 0.0769.